The Morgan fingerprint density at radius 2 is 1.92 bits per heavy atom. The maximum Gasteiger partial charge on any atom is 0.252 e. The van der Waals surface area contributed by atoms with Crippen molar-refractivity contribution >= 4 is 11.7 Å². The van der Waals surface area contributed by atoms with Gasteiger partial charge in [0, 0.05) is 24.5 Å². The summed E-state index contributed by atoms with van der Waals surface area (Å²) in [5, 5.41) is 7.92. The average molecular weight is 328 g/mol. The maximum atomic E-state index is 12.7. The number of carbonyl (C=O) groups excluding carboxylic acids is 1. The Balaban J connectivity index is 1.47. The zero-order valence-electron chi connectivity index (χ0n) is 14.3. The van der Waals surface area contributed by atoms with Crippen LogP contribution < -0.4 is 5.32 Å². The normalized spacial score (nSPS) is 24.2. The number of aryl methyl sites for hydroxylation is 2. The molecule has 0 radical (unpaired) electrons. The molecule has 1 amide bonds. The molecule has 2 saturated heterocycles. The average Bonchev–Trinajstić information content (AvgIpc) is 3.09. The Morgan fingerprint density at radius 3 is 2.62 bits per heavy atom. The number of aromatic nitrogens is 4. The first-order chi connectivity index (χ1) is 11.6. The molecule has 24 heavy (non-hydrogen) atoms. The van der Waals surface area contributed by atoms with E-state index in [2.05, 4.69) is 20.4 Å². The van der Waals surface area contributed by atoms with Crippen molar-refractivity contribution in [1.82, 2.24) is 29.8 Å². The Kier molecular flexibility index (Phi) is 3.96. The monoisotopic (exact) mass is 328 g/mol. The van der Waals surface area contributed by atoms with Gasteiger partial charge in [-0.05, 0) is 57.7 Å². The molecule has 0 aromatic carbocycles. The fourth-order valence-corrected chi connectivity index (χ4v) is 4.00. The zero-order chi connectivity index (χ0) is 16.7. The van der Waals surface area contributed by atoms with Gasteiger partial charge < -0.3 is 10.2 Å². The van der Waals surface area contributed by atoms with Crippen molar-refractivity contribution in [3.8, 4) is 0 Å². The van der Waals surface area contributed by atoms with Crippen LogP contribution in [0.3, 0.4) is 0 Å². The van der Waals surface area contributed by atoms with Gasteiger partial charge >= 0.3 is 0 Å². The number of nitrogens with zero attached hydrogens (tertiary/aromatic N) is 5. The molecule has 2 aliphatic heterocycles. The minimum absolute atomic E-state index is 0.133. The maximum absolute atomic E-state index is 12.7. The summed E-state index contributed by atoms with van der Waals surface area (Å²) in [5.41, 5.74) is 1.90. The second-order valence-corrected chi connectivity index (χ2v) is 7.09. The van der Waals surface area contributed by atoms with Crippen LogP contribution in [0.15, 0.2) is 6.07 Å². The van der Waals surface area contributed by atoms with Crippen LogP contribution >= 0.6 is 0 Å². The molecule has 2 aromatic heterocycles. The molecule has 2 atom stereocenters. The number of amides is 1. The van der Waals surface area contributed by atoms with E-state index < -0.39 is 0 Å². The number of nitrogens with one attached hydrogen (secondary N) is 1. The molecule has 7 nitrogen and oxygen atoms in total. The number of hydrogen-bond donors (Lipinski definition) is 1. The lowest BCUT2D eigenvalue weighted by molar-refractivity contribution is -0.130. The summed E-state index contributed by atoms with van der Waals surface area (Å²) in [6.07, 6.45) is 2.46. The molecule has 7 heteroatoms. The van der Waals surface area contributed by atoms with E-state index in [1.54, 1.807) is 4.52 Å². The van der Waals surface area contributed by atoms with Gasteiger partial charge in [-0.25, -0.2) is 9.50 Å². The first-order valence-electron chi connectivity index (χ1n) is 8.78. The molecule has 128 valence electrons. The molecular formula is C17H24N6O. The molecular weight excluding hydrogens is 304 g/mol. The van der Waals surface area contributed by atoms with Crippen LogP contribution in [-0.4, -0.2) is 56.6 Å². The van der Waals surface area contributed by atoms with Gasteiger partial charge in [0.15, 0.2) is 5.82 Å². The van der Waals surface area contributed by atoms with Crippen molar-refractivity contribution in [2.45, 2.75) is 33.1 Å². The Morgan fingerprint density at radius 1 is 1.21 bits per heavy atom. The molecule has 0 spiro atoms. The molecule has 2 fully saturated rings. The molecule has 0 bridgehead atoms. The molecule has 4 rings (SSSR count). The molecule has 2 aromatic rings. The first-order valence-corrected chi connectivity index (χ1v) is 8.78. The van der Waals surface area contributed by atoms with Crippen molar-refractivity contribution < 1.29 is 4.79 Å². The van der Waals surface area contributed by atoms with E-state index in [-0.39, 0.29) is 12.3 Å². The van der Waals surface area contributed by atoms with Gasteiger partial charge in [0.1, 0.15) is 0 Å². The zero-order valence-corrected chi connectivity index (χ0v) is 14.3. The summed E-state index contributed by atoms with van der Waals surface area (Å²) < 4.78 is 1.72. The third-order valence-electron chi connectivity index (χ3n) is 5.34. The van der Waals surface area contributed by atoms with Gasteiger partial charge in [0.2, 0.25) is 5.91 Å². The second-order valence-electron chi connectivity index (χ2n) is 7.09. The fourth-order valence-electron chi connectivity index (χ4n) is 4.00. The van der Waals surface area contributed by atoms with Gasteiger partial charge in [0.25, 0.3) is 5.78 Å². The summed E-state index contributed by atoms with van der Waals surface area (Å²) in [4.78, 5) is 23.5. The summed E-state index contributed by atoms with van der Waals surface area (Å²) in [5.74, 6) is 2.73. The summed E-state index contributed by atoms with van der Waals surface area (Å²) in [7, 11) is 0. The van der Waals surface area contributed by atoms with Crippen LogP contribution in [0, 0.1) is 25.7 Å². The summed E-state index contributed by atoms with van der Waals surface area (Å²) >= 11 is 0. The lowest BCUT2D eigenvalue weighted by atomic mass is 9.92. The van der Waals surface area contributed by atoms with Gasteiger partial charge in [-0.15, -0.1) is 5.10 Å². The van der Waals surface area contributed by atoms with Gasteiger partial charge in [0.05, 0.1) is 6.42 Å². The fraction of sp³-hybridized carbons (Fsp3) is 0.647. The number of carbonyl (C=O) groups is 1. The highest BCUT2D eigenvalue weighted by molar-refractivity contribution is 5.78. The van der Waals surface area contributed by atoms with Gasteiger partial charge in [-0.1, -0.05) is 0 Å². The van der Waals surface area contributed by atoms with Crippen LogP contribution in [-0.2, 0) is 11.2 Å². The molecule has 0 unspecified atom stereocenters. The number of rotatable bonds is 2. The van der Waals surface area contributed by atoms with Gasteiger partial charge in [-0.2, -0.15) is 4.98 Å². The van der Waals surface area contributed by atoms with E-state index in [1.165, 1.54) is 0 Å². The highest BCUT2D eigenvalue weighted by Crippen LogP contribution is 2.27. The van der Waals surface area contributed by atoms with Crippen LogP contribution in [0.1, 0.15) is 30.1 Å². The minimum Gasteiger partial charge on any atom is -0.342 e. The van der Waals surface area contributed by atoms with E-state index in [4.69, 9.17) is 0 Å². The standard InChI is InChI=1S/C17H24N6O/c1-11-7-12(2)23-17(19-11)20-15(21-23)8-16(24)22-5-3-13-9-18-10-14(13)4-6-22/h7,13-14,18H,3-6,8-10H2,1-2H3/t13-,14+. The number of hydrogen-bond acceptors (Lipinski definition) is 5. The van der Waals surface area contributed by atoms with E-state index in [9.17, 15) is 4.79 Å². The highest BCUT2D eigenvalue weighted by Gasteiger charge is 2.31. The van der Waals surface area contributed by atoms with Crippen molar-refractivity contribution in [3.63, 3.8) is 0 Å². The van der Waals surface area contributed by atoms with Crippen LogP contribution in [0.5, 0.6) is 0 Å². The molecule has 1 N–H and O–H groups in total. The van der Waals surface area contributed by atoms with Crippen molar-refractivity contribution in [3.05, 3.63) is 23.3 Å². The Hall–Kier alpha value is -2.02. The second kappa shape index (κ2) is 6.12. The van der Waals surface area contributed by atoms with Crippen LogP contribution in [0.25, 0.3) is 5.78 Å². The minimum atomic E-state index is 0.133. The van der Waals surface area contributed by atoms with Crippen molar-refractivity contribution in [2.24, 2.45) is 11.8 Å². The Bertz CT molecular complexity index is 756. The van der Waals surface area contributed by atoms with Crippen LogP contribution in [0.4, 0.5) is 0 Å². The SMILES string of the molecule is Cc1cc(C)n2nc(CC(=O)N3CC[C@@H]4CNC[C@@H]4CC3)nc2n1. The van der Waals surface area contributed by atoms with Crippen LogP contribution in [0.2, 0.25) is 0 Å². The molecule has 0 saturated carbocycles. The summed E-state index contributed by atoms with van der Waals surface area (Å²) in [6, 6.07) is 1.97. The van der Waals surface area contributed by atoms with Crippen molar-refractivity contribution in [2.75, 3.05) is 26.2 Å². The lowest BCUT2D eigenvalue weighted by Gasteiger charge is -2.20. The predicted octanol–water partition coefficient (Wildman–Crippen LogP) is 0.742. The lowest BCUT2D eigenvalue weighted by Crippen LogP contribution is -2.34. The van der Waals surface area contributed by atoms with E-state index in [0.717, 1.165) is 62.2 Å². The molecule has 4 heterocycles. The third-order valence-corrected chi connectivity index (χ3v) is 5.34. The number of likely N-dealkylation sites (tertiary alicyclic amines) is 1. The van der Waals surface area contributed by atoms with Crippen molar-refractivity contribution in [1.29, 1.82) is 0 Å². The van der Waals surface area contributed by atoms with E-state index in [0.29, 0.717) is 11.6 Å². The largest absolute Gasteiger partial charge is 0.342 e. The topological polar surface area (TPSA) is 75.4 Å². The predicted molar refractivity (Wildman–Crippen MR) is 89.6 cm³/mol. The van der Waals surface area contributed by atoms with Gasteiger partial charge in [-0.3, -0.25) is 4.79 Å². The molecule has 0 aliphatic carbocycles. The summed E-state index contributed by atoms with van der Waals surface area (Å²) in [6.45, 7) is 7.83. The Labute approximate surface area is 141 Å². The highest BCUT2D eigenvalue weighted by atomic mass is 16.2. The van der Waals surface area contributed by atoms with E-state index >= 15 is 0 Å². The van der Waals surface area contributed by atoms with E-state index in [1.807, 2.05) is 24.8 Å². The number of fused-ring (bicyclic) bond motifs is 2. The third kappa shape index (κ3) is 2.88. The first kappa shape index (κ1) is 15.5. The quantitative estimate of drug-likeness (QED) is 0.880. The molecule has 2 aliphatic rings. The smallest absolute Gasteiger partial charge is 0.252 e.